The molecule has 2 N–H and O–H groups in total. The molecule has 2 bridgehead atoms. The summed E-state index contributed by atoms with van der Waals surface area (Å²) in [5.41, 5.74) is -0.000645. The van der Waals surface area contributed by atoms with Gasteiger partial charge in [0.05, 0.1) is 23.8 Å². The van der Waals surface area contributed by atoms with E-state index < -0.39 is 17.0 Å². The van der Waals surface area contributed by atoms with Gasteiger partial charge in [-0.3, -0.25) is 9.59 Å². The lowest BCUT2D eigenvalue weighted by molar-refractivity contribution is -0.158. The number of rotatable bonds is 5. The average Bonchev–Trinajstić information content (AvgIpc) is 3.29. The van der Waals surface area contributed by atoms with Crippen molar-refractivity contribution < 1.29 is 19.4 Å². The van der Waals surface area contributed by atoms with Crippen molar-refractivity contribution in [3.05, 3.63) is 48.3 Å². The van der Waals surface area contributed by atoms with Gasteiger partial charge in [0.15, 0.2) is 0 Å². The minimum absolute atomic E-state index is 0.110. The fourth-order valence-electron chi connectivity index (χ4n) is 3.73. The SMILES string of the molecule is CC(NC(=O)C12CC(C(=O)O)(CO1)C2)c1cccc(-n2cccn2)c1. The second-order valence-corrected chi connectivity index (χ2v) is 6.96. The van der Waals surface area contributed by atoms with Gasteiger partial charge in [-0.05, 0) is 30.7 Å². The molecular weight excluding hydrogens is 322 g/mol. The summed E-state index contributed by atoms with van der Waals surface area (Å²) in [6.07, 6.45) is 4.07. The van der Waals surface area contributed by atoms with Crippen LogP contribution in [0.3, 0.4) is 0 Å². The molecule has 7 heteroatoms. The van der Waals surface area contributed by atoms with Gasteiger partial charge in [0.25, 0.3) is 5.91 Å². The summed E-state index contributed by atoms with van der Waals surface area (Å²) in [5.74, 6) is -1.12. The Hall–Kier alpha value is -2.67. The second kappa shape index (κ2) is 5.42. The Kier molecular flexibility index (Phi) is 3.43. The molecule has 2 aromatic rings. The van der Waals surface area contributed by atoms with Gasteiger partial charge in [-0.1, -0.05) is 12.1 Å². The number of carboxylic acid groups (broad SMARTS) is 1. The molecule has 2 saturated heterocycles. The third-order valence-electron chi connectivity index (χ3n) is 5.23. The molecule has 7 nitrogen and oxygen atoms in total. The predicted octanol–water partition coefficient (Wildman–Crippen LogP) is 1.68. The van der Waals surface area contributed by atoms with E-state index in [-0.39, 0.29) is 31.4 Å². The second-order valence-electron chi connectivity index (χ2n) is 6.96. The zero-order valence-corrected chi connectivity index (χ0v) is 13.8. The van der Waals surface area contributed by atoms with E-state index in [1.807, 2.05) is 43.5 Å². The molecule has 1 saturated carbocycles. The van der Waals surface area contributed by atoms with Crippen LogP contribution in [0.15, 0.2) is 42.7 Å². The third-order valence-corrected chi connectivity index (χ3v) is 5.23. The summed E-state index contributed by atoms with van der Waals surface area (Å²) in [6.45, 7) is 2.01. The van der Waals surface area contributed by atoms with Crippen LogP contribution in [-0.4, -0.2) is 39.0 Å². The van der Waals surface area contributed by atoms with Gasteiger partial charge in [-0.15, -0.1) is 0 Å². The number of ether oxygens (including phenoxy) is 1. The molecular formula is C18H19N3O4. The van der Waals surface area contributed by atoms with E-state index in [1.54, 1.807) is 10.9 Å². The van der Waals surface area contributed by atoms with E-state index in [0.717, 1.165) is 11.3 Å². The molecule has 1 aromatic carbocycles. The van der Waals surface area contributed by atoms with Crippen molar-refractivity contribution in [3.63, 3.8) is 0 Å². The maximum absolute atomic E-state index is 12.6. The van der Waals surface area contributed by atoms with Gasteiger partial charge in [-0.25, -0.2) is 4.68 Å². The zero-order valence-electron chi connectivity index (χ0n) is 13.8. The molecule has 1 atom stereocenters. The number of nitrogens with zero attached hydrogens (tertiary/aromatic N) is 2. The van der Waals surface area contributed by atoms with Crippen LogP contribution in [0, 0.1) is 5.41 Å². The summed E-state index contributed by atoms with van der Waals surface area (Å²) < 4.78 is 7.31. The van der Waals surface area contributed by atoms with Gasteiger partial charge >= 0.3 is 5.97 Å². The van der Waals surface area contributed by atoms with E-state index in [4.69, 9.17) is 4.74 Å². The van der Waals surface area contributed by atoms with Crippen LogP contribution in [0.4, 0.5) is 0 Å². The number of hydrogen-bond acceptors (Lipinski definition) is 4. The van der Waals surface area contributed by atoms with Gasteiger partial charge in [0.2, 0.25) is 0 Å². The Labute approximate surface area is 144 Å². The first-order valence-electron chi connectivity index (χ1n) is 8.23. The van der Waals surface area contributed by atoms with Crippen LogP contribution < -0.4 is 5.32 Å². The monoisotopic (exact) mass is 341 g/mol. The molecule has 3 heterocycles. The van der Waals surface area contributed by atoms with Crippen molar-refractivity contribution in [1.82, 2.24) is 15.1 Å². The van der Waals surface area contributed by atoms with Crippen LogP contribution >= 0.6 is 0 Å². The van der Waals surface area contributed by atoms with E-state index in [0.29, 0.717) is 0 Å². The van der Waals surface area contributed by atoms with E-state index in [1.165, 1.54) is 0 Å². The minimum Gasteiger partial charge on any atom is -0.481 e. The Bertz CT molecular complexity index is 825. The lowest BCUT2D eigenvalue weighted by atomic mass is 9.62. The Balaban J connectivity index is 1.46. The lowest BCUT2D eigenvalue weighted by Gasteiger charge is -2.40. The molecule has 25 heavy (non-hydrogen) atoms. The molecule has 0 spiro atoms. The third kappa shape index (κ3) is 2.42. The molecule has 130 valence electrons. The molecule has 2 aliphatic heterocycles. The smallest absolute Gasteiger partial charge is 0.312 e. The first-order valence-corrected chi connectivity index (χ1v) is 8.23. The van der Waals surface area contributed by atoms with Gasteiger partial charge < -0.3 is 15.2 Å². The molecule has 3 fully saturated rings. The normalized spacial score (nSPS) is 28.2. The Morgan fingerprint density at radius 1 is 1.36 bits per heavy atom. The number of nitrogens with one attached hydrogen (secondary N) is 1. The average molecular weight is 341 g/mol. The summed E-state index contributed by atoms with van der Waals surface area (Å²) in [6, 6.07) is 9.39. The highest BCUT2D eigenvalue weighted by Crippen LogP contribution is 2.58. The number of benzene rings is 1. The number of carbonyl (C=O) groups excluding carboxylic acids is 1. The maximum atomic E-state index is 12.6. The highest BCUT2D eigenvalue weighted by atomic mass is 16.5. The van der Waals surface area contributed by atoms with Crippen molar-refractivity contribution in [2.24, 2.45) is 5.41 Å². The van der Waals surface area contributed by atoms with E-state index in [9.17, 15) is 14.7 Å². The van der Waals surface area contributed by atoms with Crippen molar-refractivity contribution in [2.45, 2.75) is 31.4 Å². The Morgan fingerprint density at radius 2 is 2.16 bits per heavy atom. The summed E-state index contributed by atoms with van der Waals surface area (Å²) in [7, 11) is 0. The molecule has 1 unspecified atom stereocenters. The van der Waals surface area contributed by atoms with Gasteiger partial charge in [-0.2, -0.15) is 5.10 Å². The number of amides is 1. The van der Waals surface area contributed by atoms with Crippen molar-refractivity contribution >= 4 is 11.9 Å². The molecule has 1 aliphatic carbocycles. The highest BCUT2D eigenvalue weighted by molar-refractivity contribution is 5.92. The molecule has 1 amide bonds. The van der Waals surface area contributed by atoms with E-state index in [2.05, 4.69) is 10.4 Å². The molecule has 5 rings (SSSR count). The van der Waals surface area contributed by atoms with Crippen LogP contribution in [0.2, 0.25) is 0 Å². The van der Waals surface area contributed by atoms with Crippen LogP contribution in [-0.2, 0) is 14.3 Å². The quantitative estimate of drug-likeness (QED) is 0.863. The Morgan fingerprint density at radius 3 is 2.80 bits per heavy atom. The lowest BCUT2D eigenvalue weighted by Crippen LogP contribution is -2.57. The highest BCUT2D eigenvalue weighted by Gasteiger charge is 2.70. The van der Waals surface area contributed by atoms with Crippen LogP contribution in [0.25, 0.3) is 5.69 Å². The van der Waals surface area contributed by atoms with Crippen LogP contribution in [0.1, 0.15) is 31.4 Å². The molecule has 0 radical (unpaired) electrons. The van der Waals surface area contributed by atoms with Crippen molar-refractivity contribution in [2.75, 3.05) is 6.61 Å². The van der Waals surface area contributed by atoms with Crippen LogP contribution in [0.5, 0.6) is 0 Å². The first kappa shape index (κ1) is 15.8. The largest absolute Gasteiger partial charge is 0.481 e. The standard InChI is InChI=1S/C18H19N3O4/c1-12(13-4-2-5-14(8-13)21-7-3-6-19-21)20-15(22)18-9-17(10-18,11-25-18)16(23)24/h2-8,12H,9-11H2,1H3,(H,20,22)(H,23,24). The number of carboxylic acids is 1. The number of aliphatic carboxylic acids is 1. The minimum atomic E-state index is -0.980. The number of fused-ring (bicyclic) bond motifs is 1. The van der Waals surface area contributed by atoms with E-state index >= 15 is 0 Å². The van der Waals surface area contributed by atoms with Crippen molar-refractivity contribution in [3.8, 4) is 5.69 Å². The van der Waals surface area contributed by atoms with Gasteiger partial charge in [0.1, 0.15) is 5.60 Å². The van der Waals surface area contributed by atoms with Crippen molar-refractivity contribution in [1.29, 1.82) is 0 Å². The zero-order chi connectivity index (χ0) is 17.7. The molecule has 3 aliphatic rings. The number of carbonyl (C=O) groups is 2. The summed E-state index contributed by atoms with van der Waals surface area (Å²) in [5, 5.41) is 16.4. The van der Waals surface area contributed by atoms with Gasteiger partial charge in [0, 0.05) is 25.2 Å². The number of aromatic nitrogens is 2. The fourth-order valence-corrected chi connectivity index (χ4v) is 3.73. The fraction of sp³-hybridized carbons (Fsp3) is 0.389. The first-order chi connectivity index (χ1) is 11.9. The number of hydrogen-bond donors (Lipinski definition) is 2. The molecule has 1 aromatic heterocycles. The topological polar surface area (TPSA) is 93.5 Å². The predicted molar refractivity (Wildman–Crippen MR) is 88.1 cm³/mol. The maximum Gasteiger partial charge on any atom is 0.312 e. The summed E-state index contributed by atoms with van der Waals surface area (Å²) in [4.78, 5) is 23.9. The summed E-state index contributed by atoms with van der Waals surface area (Å²) >= 11 is 0.